The third-order valence-corrected chi connectivity index (χ3v) is 4.38. The summed E-state index contributed by atoms with van der Waals surface area (Å²) in [6, 6.07) is 3.40. The highest BCUT2D eigenvalue weighted by atomic mass is 16.2. The SMILES string of the molecule is O=CC1CCN(c2ccc(N[C@@H]3CCC(=O)NC3=O)cn2)CC1. The van der Waals surface area contributed by atoms with Gasteiger partial charge >= 0.3 is 0 Å². The van der Waals surface area contributed by atoms with Gasteiger partial charge < -0.3 is 15.0 Å². The average molecular weight is 316 g/mol. The van der Waals surface area contributed by atoms with E-state index >= 15 is 0 Å². The maximum atomic E-state index is 11.7. The lowest BCUT2D eigenvalue weighted by Crippen LogP contribution is -2.47. The van der Waals surface area contributed by atoms with E-state index in [1.165, 1.54) is 0 Å². The number of carbonyl (C=O) groups is 3. The first-order chi connectivity index (χ1) is 11.2. The lowest BCUT2D eigenvalue weighted by Gasteiger charge is -2.30. The highest BCUT2D eigenvalue weighted by Gasteiger charge is 2.26. The van der Waals surface area contributed by atoms with E-state index in [-0.39, 0.29) is 17.7 Å². The second-order valence-electron chi connectivity index (χ2n) is 6.01. The highest BCUT2D eigenvalue weighted by Crippen LogP contribution is 2.22. The molecule has 122 valence electrons. The van der Waals surface area contributed by atoms with Crippen molar-refractivity contribution in [2.24, 2.45) is 5.92 Å². The fourth-order valence-corrected chi connectivity index (χ4v) is 2.96. The summed E-state index contributed by atoms with van der Waals surface area (Å²) in [4.78, 5) is 40.3. The van der Waals surface area contributed by atoms with Crippen LogP contribution in [0.1, 0.15) is 25.7 Å². The van der Waals surface area contributed by atoms with E-state index in [0.717, 1.165) is 43.7 Å². The number of hydrogen-bond donors (Lipinski definition) is 2. The van der Waals surface area contributed by atoms with Crippen LogP contribution in [0, 0.1) is 5.92 Å². The van der Waals surface area contributed by atoms with Crippen LogP contribution in [0.5, 0.6) is 0 Å². The standard InChI is InChI=1S/C16H20N4O3/c21-10-11-5-7-20(8-6-11)14-3-1-12(9-17-14)18-13-2-4-15(22)19-16(13)23/h1,3,9-11,13,18H,2,4-8H2,(H,19,22,23)/t13-/m1/s1. The van der Waals surface area contributed by atoms with Crippen LogP contribution in [-0.4, -0.2) is 42.2 Å². The largest absolute Gasteiger partial charge is 0.372 e. The number of anilines is 2. The van der Waals surface area contributed by atoms with Gasteiger partial charge in [0.05, 0.1) is 11.9 Å². The van der Waals surface area contributed by atoms with Crippen molar-refractivity contribution >= 4 is 29.6 Å². The van der Waals surface area contributed by atoms with Gasteiger partial charge in [0.15, 0.2) is 0 Å². The van der Waals surface area contributed by atoms with E-state index in [0.29, 0.717) is 12.8 Å². The number of aromatic nitrogens is 1. The van der Waals surface area contributed by atoms with Gasteiger partial charge in [-0.3, -0.25) is 14.9 Å². The minimum atomic E-state index is -0.399. The molecule has 0 spiro atoms. The topological polar surface area (TPSA) is 91.4 Å². The van der Waals surface area contributed by atoms with Crippen molar-refractivity contribution in [1.82, 2.24) is 10.3 Å². The Balaban J connectivity index is 1.58. The monoisotopic (exact) mass is 316 g/mol. The van der Waals surface area contributed by atoms with Crippen molar-refractivity contribution in [2.75, 3.05) is 23.3 Å². The number of aldehydes is 1. The number of hydrogen-bond acceptors (Lipinski definition) is 6. The molecule has 2 aliphatic heterocycles. The van der Waals surface area contributed by atoms with Gasteiger partial charge in [0.1, 0.15) is 18.1 Å². The molecule has 3 heterocycles. The highest BCUT2D eigenvalue weighted by molar-refractivity contribution is 6.01. The Labute approximate surface area is 134 Å². The molecule has 7 heteroatoms. The quantitative estimate of drug-likeness (QED) is 0.628. The van der Waals surface area contributed by atoms with E-state index in [4.69, 9.17) is 0 Å². The average Bonchev–Trinajstić information content (AvgIpc) is 2.58. The summed E-state index contributed by atoms with van der Waals surface area (Å²) in [7, 11) is 0. The molecule has 2 aliphatic rings. The van der Waals surface area contributed by atoms with E-state index in [1.54, 1.807) is 6.20 Å². The Morgan fingerprint density at radius 3 is 2.61 bits per heavy atom. The molecule has 1 aromatic heterocycles. The molecule has 2 saturated heterocycles. The zero-order valence-corrected chi connectivity index (χ0v) is 12.8. The number of nitrogens with zero attached hydrogens (tertiary/aromatic N) is 2. The maximum Gasteiger partial charge on any atom is 0.249 e. The van der Waals surface area contributed by atoms with E-state index in [9.17, 15) is 14.4 Å². The molecule has 0 bridgehead atoms. The molecule has 0 radical (unpaired) electrons. The first-order valence-electron chi connectivity index (χ1n) is 7.92. The van der Waals surface area contributed by atoms with Crippen molar-refractivity contribution in [3.05, 3.63) is 18.3 Å². The number of carbonyl (C=O) groups excluding carboxylic acids is 3. The molecular formula is C16H20N4O3. The van der Waals surface area contributed by atoms with Crippen LogP contribution in [0.2, 0.25) is 0 Å². The van der Waals surface area contributed by atoms with Crippen LogP contribution in [0.15, 0.2) is 18.3 Å². The van der Waals surface area contributed by atoms with Crippen LogP contribution in [0.4, 0.5) is 11.5 Å². The van der Waals surface area contributed by atoms with Crippen molar-refractivity contribution < 1.29 is 14.4 Å². The Morgan fingerprint density at radius 1 is 1.22 bits per heavy atom. The molecule has 2 amide bonds. The van der Waals surface area contributed by atoms with Crippen LogP contribution in [0.3, 0.4) is 0 Å². The second kappa shape index (κ2) is 6.76. The molecule has 2 N–H and O–H groups in total. The molecule has 7 nitrogen and oxygen atoms in total. The molecular weight excluding hydrogens is 296 g/mol. The molecule has 23 heavy (non-hydrogen) atoms. The minimum Gasteiger partial charge on any atom is -0.372 e. The second-order valence-corrected chi connectivity index (χ2v) is 6.01. The number of piperidine rings is 2. The third-order valence-electron chi connectivity index (χ3n) is 4.38. The van der Waals surface area contributed by atoms with E-state index in [2.05, 4.69) is 20.5 Å². The fraction of sp³-hybridized carbons (Fsp3) is 0.500. The van der Waals surface area contributed by atoms with Gasteiger partial charge in [-0.1, -0.05) is 0 Å². The summed E-state index contributed by atoms with van der Waals surface area (Å²) >= 11 is 0. The Kier molecular flexibility index (Phi) is 4.55. The van der Waals surface area contributed by atoms with Gasteiger partial charge in [-0.25, -0.2) is 4.98 Å². The van der Waals surface area contributed by atoms with Gasteiger partial charge in [-0.2, -0.15) is 0 Å². The summed E-state index contributed by atoms with van der Waals surface area (Å²) in [6.07, 6.45) is 5.30. The van der Waals surface area contributed by atoms with Gasteiger partial charge in [-0.15, -0.1) is 0 Å². The summed E-state index contributed by atoms with van der Waals surface area (Å²) in [5.74, 6) is 0.532. The summed E-state index contributed by atoms with van der Waals surface area (Å²) in [5, 5.41) is 5.43. The fourth-order valence-electron chi connectivity index (χ4n) is 2.96. The van der Waals surface area contributed by atoms with Gasteiger partial charge in [0, 0.05) is 25.4 Å². The summed E-state index contributed by atoms with van der Waals surface area (Å²) in [6.45, 7) is 1.66. The van der Waals surface area contributed by atoms with Crippen LogP contribution >= 0.6 is 0 Å². The van der Waals surface area contributed by atoms with Gasteiger partial charge in [0.2, 0.25) is 11.8 Å². The first kappa shape index (κ1) is 15.5. The third kappa shape index (κ3) is 3.67. The first-order valence-corrected chi connectivity index (χ1v) is 7.92. The Bertz CT molecular complexity index is 594. The predicted molar refractivity (Wildman–Crippen MR) is 85.0 cm³/mol. The number of rotatable bonds is 4. The minimum absolute atomic E-state index is 0.166. The molecule has 0 unspecified atom stereocenters. The molecule has 1 aromatic rings. The number of amides is 2. The van der Waals surface area contributed by atoms with Crippen LogP contribution in [0.25, 0.3) is 0 Å². The lowest BCUT2D eigenvalue weighted by atomic mass is 9.99. The molecule has 0 saturated carbocycles. The zero-order chi connectivity index (χ0) is 16.2. The molecule has 0 aromatic carbocycles. The van der Waals surface area contributed by atoms with E-state index < -0.39 is 6.04 Å². The van der Waals surface area contributed by atoms with Crippen molar-refractivity contribution in [1.29, 1.82) is 0 Å². The van der Waals surface area contributed by atoms with Gasteiger partial charge in [-0.05, 0) is 31.4 Å². The smallest absolute Gasteiger partial charge is 0.249 e. The predicted octanol–water partition coefficient (Wildman–Crippen LogP) is 0.714. The zero-order valence-electron chi connectivity index (χ0n) is 12.8. The van der Waals surface area contributed by atoms with Crippen LogP contribution < -0.4 is 15.5 Å². The van der Waals surface area contributed by atoms with Crippen molar-refractivity contribution in [3.8, 4) is 0 Å². The molecule has 2 fully saturated rings. The summed E-state index contributed by atoms with van der Waals surface area (Å²) in [5.41, 5.74) is 0.756. The molecule has 1 atom stereocenters. The van der Waals surface area contributed by atoms with Crippen molar-refractivity contribution in [3.63, 3.8) is 0 Å². The molecule has 3 rings (SSSR count). The number of nitrogens with one attached hydrogen (secondary N) is 2. The maximum absolute atomic E-state index is 11.7. The molecule has 0 aliphatic carbocycles. The van der Waals surface area contributed by atoms with E-state index in [1.807, 2.05) is 12.1 Å². The normalized spacial score (nSPS) is 22.6. The van der Waals surface area contributed by atoms with Crippen molar-refractivity contribution in [2.45, 2.75) is 31.7 Å². The Morgan fingerprint density at radius 2 is 2.00 bits per heavy atom. The summed E-state index contributed by atoms with van der Waals surface area (Å²) < 4.78 is 0. The lowest BCUT2D eigenvalue weighted by molar-refractivity contribution is -0.133. The van der Waals surface area contributed by atoms with Gasteiger partial charge in [0.25, 0.3) is 0 Å². The Hall–Kier alpha value is -2.44. The number of pyridine rings is 1. The number of imide groups is 1. The van der Waals surface area contributed by atoms with Crippen LogP contribution in [-0.2, 0) is 14.4 Å².